The van der Waals surface area contributed by atoms with Crippen LogP contribution in [0.1, 0.15) is 5.56 Å². The quantitative estimate of drug-likeness (QED) is 0.615. The molecule has 1 rings (SSSR count). The van der Waals surface area contributed by atoms with Crippen LogP contribution in [-0.4, -0.2) is 15.5 Å². The molecular formula is C8H8Cl2O3S. The third kappa shape index (κ3) is 2.53. The van der Waals surface area contributed by atoms with Gasteiger partial charge in [-0.15, -0.1) is 11.6 Å². The number of hydrogen-bond donors (Lipinski definition) is 0. The molecule has 0 heterocycles. The summed E-state index contributed by atoms with van der Waals surface area (Å²) in [5.41, 5.74) is 0.593. The second kappa shape index (κ2) is 4.38. The van der Waals surface area contributed by atoms with Crippen LogP contribution in [-0.2, 0) is 14.9 Å². The minimum absolute atomic E-state index is 0.0237. The molecule has 0 saturated carbocycles. The molecule has 0 aromatic heterocycles. The molecule has 0 amide bonds. The zero-order valence-corrected chi connectivity index (χ0v) is 9.66. The molecule has 0 aliphatic carbocycles. The Bertz CT molecular complexity index is 428. The molecule has 0 aliphatic rings. The summed E-state index contributed by atoms with van der Waals surface area (Å²) in [6.45, 7) is 0. The minimum Gasteiger partial charge on any atom is -0.496 e. The maximum atomic E-state index is 11.0. The van der Waals surface area contributed by atoms with Gasteiger partial charge in [0.15, 0.2) is 0 Å². The zero-order chi connectivity index (χ0) is 10.8. The Morgan fingerprint density at radius 2 is 2.07 bits per heavy atom. The second-order valence-corrected chi connectivity index (χ2v) is 5.38. The van der Waals surface area contributed by atoms with Crippen LogP contribution >= 0.6 is 22.3 Å². The Labute approximate surface area is 92.0 Å². The Kier molecular flexibility index (Phi) is 3.64. The summed E-state index contributed by atoms with van der Waals surface area (Å²) in [6, 6.07) is 4.29. The molecule has 78 valence electrons. The third-order valence-electron chi connectivity index (χ3n) is 1.68. The largest absolute Gasteiger partial charge is 0.496 e. The van der Waals surface area contributed by atoms with Gasteiger partial charge in [-0.3, -0.25) is 0 Å². The lowest BCUT2D eigenvalue weighted by molar-refractivity contribution is 0.411. The molecule has 0 bridgehead atoms. The molecule has 6 heteroatoms. The maximum Gasteiger partial charge on any atom is 0.261 e. The lowest BCUT2D eigenvalue weighted by Crippen LogP contribution is -1.95. The predicted octanol–water partition coefficient (Wildman–Crippen LogP) is 2.36. The fourth-order valence-electron chi connectivity index (χ4n) is 1.01. The summed E-state index contributed by atoms with van der Waals surface area (Å²) >= 11 is 5.61. The highest BCUT2D eigenvalue weighted by Crippen LogP contribution is 2.25. The molecule has 0 N–H and O–H groups in total. The van der Waals surface area contributed by atoms with E-state index in [1.54, 1.807) is 0 Å². The van der Waals surface area contributed by atoms with Crippen molar-refractivity contribution in [1.82, 2.24) is 0 Å². The van der Waals surface area contributed by atoms with E-state index >= 15 is 0 Å². The van der Waals surface area contributed by atoms with E-state index in [-0.39, 0.29) is 10.8 Å². The molecule has 1 aromatic carbocycles. The van der Waals surface area contributed by atoms with Gasteiger partial charge < -0.3 is 4.74 Å². The molecule has 0 fully saturated rings. The molecule has 0 aliphatic heterocycles. The highest BCUT2D eigenvalue weighted by Gasteiger charge is 2.12. The van der Waals surface area contributed by atoms with Gasteiger partial charge in [0.2, 0.25) is 0 Å². The van der Waals surface area contributed by atoms with E-state index < -0.39 is 9.05 Å². The summed E-state index contributed by atoms with van der Waals surface area (Å²) < 4.78 is 26.9. The first-order valence-electron chi connectivity index (χ1n) is 3.66. The average Bonchev–Trinajstić information content (AvgIpc) is 2.15. The van der Waals surface area contributed by atoms with Gasteiger partial charge in [-0.25, -0.2) is 8.42 Å². The summed E-state index contributed by atoms with van der Waals surface area (Å²) in [5, 5.41) is 0. The van der Waals surface area contributed by atoms with Crippen molar-refractivity contribution < 1.29 is 13.2 Å². The number of hydrogen-bond acceptors (Lipinski definition) is 3. The number of methoxy groups -OCH3 is 1. The van der Waals surface area contributed by atoms with Crippen molar-refractivity contribution in [2.75, 3.05) is 7.11 Å². The normalized spacial score (nSPS) is 11.4. The van der Waals surface area contributed by atoms with Crippen molar-refractivity contribution in [3.63, 3.8) is 0 Å². The fourth-order valence-corrected chi connectivity index (χ4v) is 2.02. The molecular weight excluding hydrogens is 247 g/mol. The van der Waals surface area contributed by atoms with Gasteiger partial charge in [-0.2, -0.15) is 0 Å². The van der Waals surface area contributed by atoms with Crippen LogP contribution < -0.4 is 4.74 Å². The van der Waals surface area contributed by atoms with Gasteiger partial charge in [0.1, 0.15) is 5.75 Å². The first-order valence-corrected chi connectivity index (χ1v) is 6.51. The van der Waals surface area contributed by atoms with Crippen LogP contribution in [0, 0.1) is 0 Å². The first kappa shape index (κ1) is 11.6. The fraction of sp³-hybridized carbons (Fsp3) is 0.250. The van der Waals surface area contributed by atoms with E-state index in [0.29, 0.717) is 11.3 Å². The van der Waals surface area contributed by atoms with Gasteiger partial charge in [0, 0.05) is 16.2 Å². The van der Waals surface area contributed by atoms with Crippen molar-refractivity contribution >= 4 is 31.3 Å². The van der Waals surface area contributed by atoms with Crippen molar-refractivity contribution in [2.24, 2.45) is 0 Å². The van der Waals surface area contributed by atoms with E-state index in [2.05, 4.69) is 0 Å². The molecule has 0 atom stereocenters. The van der Waals surface area contributed by atoms with E-state index in [4.69, 9.17) is 27.0 Å². The zero-order valence-electron chi connectivity index (χ0n) is 7.33. The molecule has 14 heavy (non-hydrogen) atoms. The van der Waals surface area contributed by atoms with E-state index in [9.17, 15) is 8.42 Å². The summed E-state index contributed by atoms with van der Waals surface area (Å²) in [4.78, 5) is 0.0237. The first-order chi connectivity index (χ1) is 6.49. The lowest BCUT2D eigenvalue weighted by atomic mass is 10.2. The highest BCUT2D eigenvalue weighted by molar-refractivity contribution is 8.13. The topological polar surface area (TPSA) is 43.4 Å². The van der Waals surface area contributed by atoms with Crippen LogP contribution in [0.25, 0.3) is 0 Å². The smallest absolute Gasteiger partial charge is 0.261 e. The standard InChI is InChI=1S/C8H8Cl2O3S/c1-13-8-3-2-7(14(10,11)12)4-6(8)5-9/h2-4H,5H2,1H3. The van der Waals surface area contributed by atoms with Gasteiger partial charge >= 0.3 is 0 Å². The van der Waals surface area contributed by atoms with E-state index in [0.717, 1.165) is 0 Å². The number of alkyl halides is 1. The molecule has 0 saturated heterocycles. The van der Waals surface area contributed by atoms with Gasteiger partial charge in [0.05, 0.1) is 17.9 Å². The second-order valence-electron chi connectivity index (χ2n) is 2.55. The van der Waals surface area contributed by atoms with Crippen molar-refractivity contribution in [3.05, 3.63) is 23.8 Å². The van der Waals surface area contributed by atoms with Crippen LogP contribution in [0.2, 0.25) is 0 Å². The predicted molar refractivity (Wildman–Crippen MR) is 55.6 cm³/mol. The van der Waals surface area contributed by atoms with Crippen LogP contribution in [0.15, 0.2) is 23.1 Å². The highest BCUT2D eigenvalue weighted by atomic mass is 35.7. The molecule has 0 spiro atoms. The Hall–Kier alpha value is -0.450. The number of benzene rings is 1. The Morgan fingerprint density at radius 1 is 1.43 bits per heavy atom. The number of halogens is 2. The lowest BCUT2D eigenvalue weighted by Gasteiger charge is -2.06. The third-order valence-corrected chi connectivity index (χ3v) is 3.32. The van der Waals surface area contributed by atoms with E-state index in [1.165, 1.54) is 25.3 Å². The Balaban J connectivity index is 3.28. The van der Waals surface area contributed by atoms with Crippen molar-refractivity contribution in [1.29, 1.82) is 0 Å². The SMILES string of the molecule is COc1ccc(S(=O)(=O)Cl)cc1CCl. The number of ether oxygens (including phenoxy) is 1. The van der Waals surface area contributed by atoms with Gasteiger partial charge in [-0.05, 0) is 18.2 Å². The monoisotopic (exact) mass is 254 g/mol. The van der Waals surface area contributed by atoms with Crippen molar-refractivity contribution in [3.8, 4) is 5.75 Å². The summed E-state index contributed by atoms with van der Waals surface area (Å²) in [7, 11) is 2.96. The number of rotatable bonds is 3. The Morgan fingerprint density at radius 3 is 2.50 bits per heavy atom. The van der Waals surface area contributed by atoms with Crippen LogP contribution in [0.5, 0.6) is 5.75 Å². The average molecular weight is 255 g/mol. The maximum absolute atomic E-state index is 11.0. The van der Waals surface area contributed by atoms with Crippen LogP contribution in [0.4, 0.5) is 0 Å². The van der Waals surface area contributed by atoms with Gasteiger partial charge in [0.25, 0.3) is 9.05 Å². The molecule has 0 radical (unpaired) electrons. The van der Waals surface area contributed by atoms with Crippen molar-refractivity contribution in [2.45, 2.75) is 10.8 Å². The van der Waals surface area contributed by atoms with E-state index in [1.807, 2.05) is 0 Å². The summed E-state index contributed by atoms with van der Waals surface area (Å²) in [6.07, 6.45) is 0. The molecule has 3 nitrogen and oxygen atoms in total. The summed E-state index contributed by atoms with van der Waals surface area (Å²) in [5.74, 6) is 0.715. The molecule has 1 aromatic rings. The minimum atomic E-state index is -3.70. The molecule has 0 unspecified atom stereocenters. The van der Waals surface area contributed by atoms with Crippen LogP contribution in [0.3, 0.4) is 0 Å². The van der Waals surface area contributed by atoms with Gasteiger partial charge in [-0.1, -0.05) is 0 Å².